The minimum Gasteiger partial charge on any atom is -0.325 e. The molecule has 0 amide bonds. The van der Waals surface area contributed by atoms with Gasteiger partial charge in [0.25, 0.3) is 0 Å². The van der Waals surface area contributed by atoms with E-state index in [4.69, 9.17) is 5.73 Å². The number of rotatable bonds is 4. The molecule has 1 aliphatic heterocycles. The molecule has 2 N–H and O–H groups in total. The Balaban J connectivity index is 1.96. The Morgan fingerprint density at radius 3 is 2.88 bits per heavy atom. The molecule has 0 saturated carbocycles. The summed E-state index contributed by atoms with van der Waals surface area (Å²) in [5.74, 6) is 0. The van der Waals surface area contributed by atoms with E-state index in [-0.39, 0.29) is 6.04 Å². The summed E-state index contributed by atoms with van der Waals surface area (Å²) in [7, 11) is 0. The molecule has 17 heavy (non-hydrogen) atoms. The summed E-state index contributed by atoms with van der Waals surface area (Å²) in [6.07, 6.45) is 6.95. The second-order valence-corrected chi connectivity index (χ2v) is 4.91. The van der Waals surface area contributed by atoms with Crippen molar-refractivity contribution in [2.45, 2.75) is 38.4 Å². The van der Waals surface area contributed by atoms with E-state index in [9.17, 15) is 0 Å². The van der Waals surface area contributed by atoms with Crippen molar-refractivity contribution in [2.24, 2.45) is 5.73 Å². The molecule has 0 bridgehead atoms. The maximum Gasteiger partial charge on any atom is 0.0282 e. The van der Waals surface area contributed by atoms with E-state index in [1.807, 2.05) is 6.92 Å². The fraction of sp³-hybridized carbons (Fsp3) is 0.467. The minimum absolute atomic E-state index is 0.161. The van der Waals surface area contributed by atoms with E-state index in [0.29, 0.717) is 6.04 Å². The van der Waals surface area contributed by atoms with Gasteiger partial charge in [-0.3, -0.25) is 4.90 Å². The number of nitrogens with zero attached hydrogens (tertiary/aromatic N) is 1. The van der Waals surface area contributed by atoms with Gasteiger partial charge in [-0.15, -0.1) is 0 Å². The lowest BCUT2D eigenvalue weighted by Gasteiger charge is -2.22. The van der Waals surface area contributed by atoms with Crippen molar-refractivity contribution in [1.82, 2.24) is 4.90 Å². The average Bonchev–Trinajstić information content (AvgIpc) is 2.75. The Morgan fingerprint density at radius 2 is 2.18 bits per heavy atom. The lowest BCUT2D eigenvalue weighted by atomic mass is 10.1. The largest absolute Gasteiger partial charge is 0.325 e. The van der Waals surface area contributed by atoms with Crippen molar-refractivity contribution in [3.63, 3.8) is 0 Å². The van der Waals surface area contributed by atoms with Crippen LogP contribution in [0.25, 0.3) is 0 Å². The zero-order valence-corrected chi connectivity index (χ0v) is 10.5. The average molecular weight is 230 g/mol. The summed E-state index contributed by atoms with van der Waals surface area (Å²) < 4.78 is 0. The van der Waals surface area contributed by atoms with Gasteiger partial charge in [-0.1, -0.05) is 42.5 Å². The van der Waals surface area contributed by atoms with Gasteiger partial charge in [-0.25, -0.2) is 0 Å². The standard InChI is InChI=1S/C15H22N2/c1-13(16)9-10-15-8-5-11-17(15)12-14-6-3-2-4-7-14/h2-4,6-7,9-10,13,15H,5,8,11-12,16H2,1H3/b10-9+. The van der Waals surface area contributed by atoms with Crippen molar-refractivity contribution in [3.8, 4) is 0 Å². The molecular formula is C15H22N2. The summed E-state index contributed by atoms with van der Waals surface area (Å²) >= 11 is 0. The van der Waals surface area contributed by atoms with Crippen LogP contribution in [-0.4, -0.2) is 23.5 Å². The van der Waals surface area contributed by atoms with Crippen LogP contribution in [0.2, 0.25) is 0 Å². The third kappa shape index (κ3) is 3.69. The molecule has 2 rings (SSSR count). The molecule has 0 aliphatic carbocycles. The van der Waals surface area contributed by atoms with Crippen molar-refractivity contribution in [1.29, 1.82) is 0 Å². The predicted molar refractivity (Wildman–Crippen MR) is 72.7 cm³/mol. The van der Waals surface area contributed by atoms with Crippen molar-refractivity contribution in [2.75, 3.05) is 6.54 Å². The first kappa shape index (κ1) is 12.3. The van der Waals surface area contributed by atoms with E-state index < -0.39 is 0 Å². The van der Waals surface area contributed by atoms with E-state index in [2.05, 4.69) is 47.4 Å². The highest BCUT2D eigenvalue weighted by Gasteiger charge is 2.21. The summed E-state index contributed by atoms with van der Waals surface area (Å²) in [6.45, 7) is 4.27. The van der Waals surface area contributed by atoms with Crippen LogP contribution >= 0.6 is 0 Å². The molecule has 1 aromatic rings. The Hall–Kier alpha value is -1.12. The molecule has 1 heterocycles. The Kier molecular flexibility index (Phi) is 4.35. The number of likely N-dealkylation sites (tertiary alicyclic amines) is 1. The van der Waals surface area contributed by atoms with Gasteiger partial charge >= 0.3 is 0 Å². The highest BCUT2D eigenvalue weighted by atomic mass is 15.2. The van der Waals surface area contributed by atoms with Crippen LogP contribution < -0.4 is 5.73 Å². The first-order valence-corrected chi connectivity index (χ1v) is 6.47. The SMILES string of the molecule is CC(N)/C=C/C1CCCN1Cc1ccccc1. The van der Waals surface area contributed by atoms with Gasteiger partial charge in [-0.05, 0) is 31.9 Å². The zero-order chi connectivity index (χ0) is 12.1. The maximum atomic E-state index is 5.76. The van der Waals surface area contributed by atoms with Crippen LogP contribution in [0.3, 0.4) is 0 Å². The van der Waals surface area contributed by atoms with Gasteiger partial charge in [0, 0.05) is 18.6 Å². The number of hydrogen-bond acceptors (Lipinski definition) is 2. The summed E-state index contributed by atoms with van der Waals surface area (Å²) in [6, 6.07) is 11.4. The monoisotopic (exact) mass is 230 g/mol. The van der Waals surface area contributed by atoms with Gasteiger partial charge in [-0.2, -0.15) is 0 Å². The molecule has 1 saturated heterocycles. The molecule has 2 heteroatoms. The highest BCUT2D eigenvalue weighted by Crippen LogP contribution is 2.20. The molecule has 0 spiro atoms. The lowest BCUT2D eigenvalue weighted by molar-refractivity contribution is 0.281. The molecule has 1 aromatic carbocycles. The third-order valence-electron chi connectivity index (χ3n) is 3.28. The van der Waals surface area contributed by atoms with E-state index in [1.54, 1.807) is 0 Å². The maximum absolute atomic E-state index is 5.76. The van der Waals surface area contributed by atoms with E-state index in [1.165, 1.54) is 24.9 Å². The first-order valence-electron chi connectivity index (χ1n) is 6.47. The number of benzene rings is 1. The van der Waals surface area contributed by atoms with Gasteiger partial charge in [0.15, 0.2) is 0 Å². The van der Waals surface area contributed by atoms with E-state index in [0.717, 1.165) is 6.54 Å². The molecule has 2 nitrogen and oxygen atoms in total. The lowest BCUT2D eigenvalue weighted by Crippen LogP contribution is -2.27. The van der Waals surface area contributed by atoms with Crippen LogP contribution in [0.15, 0.2) is 42.5 Å². The fourth-order valence-electron chi connectivity index (χ4n) is 2.39. The van der Waals surface area contributed by atoms with Crippen LogP contribution in [0.4, 0.5) is 0 Å². The van der Waals surface area contributed by atoms with Crippen LogP contribution in [0.1, 0.15) is 25.3 Å². The molecule has 0 radical (unpaired) electrons. The van der Waals surface area contributed by atoms with Gasteiger partial charge in [0.2, 0.25) is 0 Å². The smallest absolute Gasteiger partial charge is 0.0282 e. The summed E-state index contributed by atoms with van der Waals surface area (Å²) in [5, 5.41) is 0. The third-order valence-corrected chi connectivity index (χ3v) is 3.28. The quantitative estimate of drug-likeness (QED) is 0.805. The Morgan fingerprint density at radius 1 is 1.41 bits per heavy atom. The minimum atomic E-state index is 0.161. The fourth-order valence-corrected chi connectivity index (χ4v) is 2.39. The van der Waals surface area contributed by atoms with Gasteiger partial charge in [0.1, 0.15) is 0 Å². The van der Waals surface area contributed by atoms with E-state index >= 15 is 0 Å². The molecule has 1 fully saturated rings. The topological polar surface area (TPSA) is 29.3 Å². The molecule has 2 atom stereocenters. The molecule has 1 aliphatic rings. The second kappa shape index (κ2) is 5.99. The number of nitrogens with two attached hydrogens (primary N) is 1. The molecular weight excluding hydrogens is 208 g/mol. The van der Waals surface area contributed by atoms with Gasteiger partial charge < -0.3 is 5.73 Å². The molecule has 0 aromatic heterocycles. The van der Waals surface area contributed by atoms with Gasteiger partial charge in [0.05, 0.1) is 0 Å². The molecule has 2 unspecified atom stereocenters. The Labute approximate surface area is 104 Å². The normalized spacial score (nSPS) is 23.3. The highest BCUT2D eigenvalue weighted by molar-refractivity contribution is 5.15. The predicted octanol–water partition coefficient (Wildman–Crippen LogP) is 2.55. The van der Waals surface area contributed by atoms with Crippen LogP contribution in [0.5, 0.6) is 0 Å². The second-order valence-electron chi connectivity index (χ2n) is 4.91. The van der Waals surface area contributed by atoms with Crippen LogP contribution in [-0.2, 0) is 6.54 Å². The summed E-state index contributed by atoms with van der Waals surface area (Å²) in [4.78, 5) is 2.54. The van der Waals surface area contributed by atoms with Crippen molar-refractivity contribution >= 4 is 0 Å². The van der Waals surface area contributed by atoms with Crippen molar-refractivity contribution < 1.29 is 0 Å². The molecule has 92 valence electrons. The summed E-state index contributed by atoms with van der Waals surface area (Å²) in [5.41, 5.74) is 7.16. The zero-order valence-electron chi connectivity index (χ0n) is 10.5. The van der Waals surface area contributed by atoms with Crippen LogP contribution in [0, 0.1) is 0 Å². The van der Waals surface area contributed by atoms with Crippen molar-refractivity contribution in [3.05, 3.63) is 48.0 Å². The first-order chi connectivity index (χ1) is 8.25. The number of hydrogen-bond donors (Lipinski definition) is 1. The Bertz CT molecular complexity index is 356.